The van der Waals surface area contributed by atoms with Gasteiger partial charge in [-0.2, -0.15) is 0 Å². The molecule has 2 bridgehead atoms. The average Bonchev–Trinajstić information content (AvgIpc) is 3.55. The number of benzene rings is 2. The molecule has 0 aromatic heterocycles. The molecule has 2 aromatic carbocycles. The Balaban J connectivity index is 1.65. The molecule has 3 aliphatic rings. The van der Waals surface area contributed by atoms with E-state index in [0.29, 0.717) is 23.6 Å². The summed E-state index contributed by atoms with van der Waals surface area (Å²) in [6.45, 7) is 7.33. The predicted octanol–water partition coefficient (Wildman–Crippen LogP) is 4.08. The zero-order valence-electron chi connectivity index (χ0n) is 23.0. The van der Waals surface area contributed by atoms with Crippen LogP contribution in [0.1, 0.15) is 24.5 Å². The zero-order valence-corrected chi connectivity index (χ0v) is 25.4. The smallest absolute Gasteiger partial charge is 0.312 e. The summed E-state index contributed by atoms with van der Waals surface area (Å²) in [7, 11) is 0. The van der Waals surface area contributed by atoms with E-state index in [1.807, 2.05) is 43.3 Å². The van der Waals surface area contributed by atoms with Crippen molar-refractivity contribution in [2.24, 2.45) is 11.8 Å². The minimum atomic E-state index is -1.30. The second-order valence-corrected chi connectivity index (χ2v) is 12.4. The standard InChI is InChI=1S/C31H34BrClN2O6/c1-4-14-34(25-18(3)10-9-13-22(25)33)29(38)27-31-16-21(32)26(41-31)23(30(39)40-5-2)24(31)28(37)35(27)20(17-36)15-19-11-7-6-8-12-19/h4,6-13,20-21,23-24,26-27,36H,1,5,14-17H2,2-3H3/t20-,21?,23-,24+,26-,27-,31+/m1/s1. The van der Waals surface area contributed by atoms with Gasteiger partial charge >= 0.3 is 5.97 Å². The lowest BCUT2D eigenvalue weighted by atomic mass is 9.70. The van der Waals surface area contributed by atoms with Crippen LogP contribution in [0.4, 0.5) is 5.69 Å². The third kappa shape index (κ3) is 4.90. The van der Waals surface area contributed by atoms with Crippen molar-refractivity contribution in [2.45, 2.75) is 55.3 Å². The highest BCUT2D eigenvalue weighted by atomic mass is 79.9. The van der Waals surface area contributed by atoms with Crippen LogP contribution in [-0.2, 0) is 30.3 Å². The van der Waals surface area contributed by atoms with E-state index in [4.69, 9.17) is 21.1 Å². The maximum atomic E-state index is 14.8. The normalized spacial score (nSPS) is 28.9. The number of rotatable bonds is 10. The number of aryl methyl sites for hydroxylation is 1. The highest BCUT2D eigenvalue weighted by Gasteiger charge is 2.77. The first-order valence-corrected chi connectivity index (χ1v) is 15.1. The summed E-state index contributed by atoms with van der Waals surface area (Å²) in [5.74, 6) is -3.15. The molecular formula is C31H34BrClN2O6. The minimum Gasteiger partial charge on any atom is -0.466 e. The van der Waals surface area contributed by atoms with Crippen LogP contribution in [0.3, 0.4) is 0 Å². The number of para-hydroxylation sites is 1. The first-order chi connectivity index (χ1) is 19.7. The van der Waals surface area contributed by atoms with Crippen LogP contribution < -0.4 is 4.90 Å². The number of nitrogens with zero attached hydrogens (tertiary/aromatic N) is 2. The molecule has 5 rings (SSSR count). The number of fused-ring (bicyclic) bond motifs is 1. The summed E-state index contributed by atoms with van der Waals surface area (Å²) in [4.78, 5) is 45.3. The minimum absolute atomic E-state index is 0.133. The molecule has 2 aromatic rings. The fourth-order valence-electron chi connectivity index (χ4n) is 6.92. The van der Waals surface area contributed by atoms with Gasteiger partial charge in [0, 0.05) is 11.4 Å². The van der Waals surface area contributed by atoms with Crippen molar-refractivity contribution < 1.29 is 29.0 Å². The Morgan fingerprint density at radius 2 is 2.02 bits per heavy atom. The van der Waals surface area contributed by atoms with Gasteiger partial charge in [0.1, 0.15) is 11.6 Å². The second-order valence-electron chi connectivity index (χ2n) is 10.8. The Bertz CT molecular complexity index is 1320. The van der Waals surface area contributed by atoms with Crippen LogP contribution in [0.15, 0.2) is 61.2 Å². The number of anilines is 1. The van der Waals surface area contributed by atoms with E-state index in [0.717, 1.165) is 11.1 Å². The SMILES string of the molecule is C=CCN(C(=O)[C@H]1N([C@@H](CO)Cc2ccccc2)C(=O)[C@@H]2[C@@H](C(=O)OCC)[C@@H]3O[C@@]21CC3Br)c1c(C)cccc1Cl. The zero-order chi connectivity index (χ0) is 29.5. The molecular weight excluding hydrogens is 612 g/mol. The van der Waals surface area contributed by atoms with Crippen LogP contribution in [0.2, 0.25) is 5.02 Å². The van der Waals surface area contributed by atoms with E-state index in [1.54, 1.807) is 25.1 Å². The summed E-state index contributed by atoms with van der Waals surface area (Å²) in [5.41, 5.74) is 0.888. The first-order valence-electron chi connectivity index (χ1n) is 13.8. The van der Waals surface area contributed by atoms with E-state index >= 15 is 0 Å². The number of hydrogen-bond donors (Lipinski definition) is 1. The summed E-state index contributed by atoms with van der Waals surface area (Å²) in [5, 5.41) is 11.0. The van der Waals surface area contributed by atoms with Crippen molar-refractivity contribution >= 4 is 51.0 Å². The van der Waals surface area contributed by atoms with Gasteiger partial charge in [0.15, 0.2) is 0 Å². The number of alkyl halides is 1. The maximum absolute atomic E-state index is 14.8. The number of aliphatic hydroxyl groups is 1. The van der Waals surface area contributed by atoms with Crippen molar-refractivity contribution in [3.05, 3.63) is 77.3 Å². The van der Waals surface area contributed by atoms with Gasteiger partial charge in [-0.25, -0.2) is 0 Å². The van der Waals surface area contributed by atoms with Crippen LogP contribution in [0, 0.1) is 18.8 Å². The molecule has 1 spiro atoms. The van der Waals surface area contributed by atoms with E-state index < -0.39 is 53.4 Å². The number of carbonyl (C=O) groups excluding carboxylic acids is 3. The lowest BCUT2D eigenvalue weighted by Gasteiger charge is -2.40. The lowest BCUT2D eigenvalue weighted by molar-refractivity contribution is -0.155. The molecule has 3 heterocycles. The maximum Gasteiger partial charge on any atom is 0.312 e. The Hall–Kier alpha value is -2.72. The van der Waals surface area contributed by atoms with Crippen molar-refractivity contribution in [2.75, 3.05) is 24.7 Å². The Morgan fingerprint density at radius 1 is 1.29 bits per heavy atom. The van der Waals surface area contributed by atoms with Crippen LogP contribution >= 0.6 is 27.5 Å². The third-order valence-corrected chi connectivity index (χ3v) is 9.62. The lowest BCUT2D eigenvalue weighted by Crippen LogP contribution is -2.59. The van der Waals surface area contributed by atoms with Gasteiger partial charge in [0.25, 0.3) is 5.91 Å². The van der Waals surface area contributed by atoms with Gasteiger partial charge in [-0.1, -0.05) is 76.1 Å². The first kappa shape index (κ1) is 29.8. The number of aliphatic hydroxyl groups excluding tert-OH is 1. The molecule has 0 radical (unpaired) electrons. The number of halogens is 2. The van der Waals surface area contributed by atoms with Crippen molar-refractivity contribution in [1.29, 1.82) is 0 Å². The van der Waals surface area contributed by atoms with Crippen LogP contribution in [-0.4, -0.2) is 76.2 Å². The van der Waals surface area contributed by atoms with E-state index in [2.05, 4.69) is 22.5 Å². The molecule has 3 fully saturated rings. The molecule has 1 N–H and O–H groups in total. The van der Waals surface area contributed by atoms with E-state index in [-0.39, 0.29) is 24.6 Å². The highest BCUT2D eigenvalue weighted by Crippen LogP contribution is 2.61. The summed E-state index contributed by atoms with van der Waals surface area (Å²) in [6, 6.07) is 13.0. The van der Waals surface area contributed by atoms with Gasteiger partial charge in [-0.15, -0.1) is 6.58 Å². The number of ether oxygens (including phenoxy) is 2. The molecule has 10 heteroatoms. The fraction of sp³-hybridized carbons (Fsp3) is 0.452. The fourth-order valence-corrected chi connectivity index (χ4v) is 8.18. The average molecular weight is 646 g/mol. The second kappa shape index (κ2) is 11.9. The largest absolute Gasteiger partial charge is 0.466 e. The Kier molecular flexibility index (Phi) is 8.62. The molecule has 218 valence electrons. The van der Waals surface area contributed by atoms with Gasteiger partial charge in [0.05, 0.1) is 47.9 Å². The Morgan fingerprint density at radius 3 is 2.66 bits per heavy atom. The van der Waals surface area contributed by atoms with Gasteiger partial charge in [-0.05, 0) is 43.9 Å². The van der Waals surface area contributed by atoms with Gasteiger partial charge in [-0.3, -0.25) is 14.4 Å². The molecule has 2 amide bonds. The highest BCUT2D eigenvalue weighted by molar-refractivity contribution is 9.09. The van der Waals surface area contributed by atoms with E-state index in [1.165, 1.54) is 9.80 Å². The quantitative estimate of drug-likeness (QED) is 0.238. The molecule has 3 saturated heterocycles. The molecule has 1 unspecified atom stereocenters. The molecule has 3 aliphatic heterocycles. The number of hydrogen-bond acceptors (Lipinski definition) is 6. The number of carbonyl (C=O) groups is 3. The predicted molar refractivity (Wildman–Crippen MR) is 159 cm³/mol. The number of amides is 2. The van der Waals surface area contributed by atoms with Gasteiger partial charge in [0.2, 0.25) is 5.91 Å². The number of likely N-dealkylation sites (tertiary alicyclic amines) is 1. The van der Waals surface area contributed by atoms with Crippen LogP contribution in [0.25, 0.3) is 0 Å². The molecule has 8 nitrogen and oxygen atoms in total. The summed E-state index contributed by atoms with van der Waals surface area (Å²) in [6.07, 6.45) is 1.63. The topological polar surface area (TPSA) is 96.4 Å². The third-order valence-electron chi connectivity index (χ3n) is 8.47. The van der Waals surface area contributed by atoms with Crippen molar-refractivity contribution in [3.8, 4) is 0 Å². The summed E-state index contributed by atoms with van der Waals surface area (Å²) < 4.78 is 12.0. The summed E-state index contributed by atoms with van der Waals surface area (Å²) >= 11 is 10.3. The molecule has 0 aliphatic carbocycles. The molecule has 0 saturated carbocycles. The van der Waals surface area contributed by atoms with Crippen molar-refractivity contribution in [3.63, 3.8) is 0 Å². The monoisotopic (exact) mass is 644 g/mol. The molecule has 7 atom stereocenters. The molecule has 41 heavy (non-hydrogen) atoms. The van der Waals surface area contributed by atoms with E-state index in [9.17, 15) is 19.5 Å². The Labute approximate surface area is 253 Å². The number of esters is 1. The van der Waals surface area contributed by atoms with Crippen molar-refractivity contribution in [1.82, 2.24) is 4.90 Å². The van der Waals surface area contributed by atoms with Gasteiger partial charge < -0.3 is 24.4 Å². The van der Waals surface area contributed by atoms with Crippen LogP contribution in [0.5, 0.6) is 0 Å².